The third-order valence-electron chi connectivity index (χ3n) is 5.62. The molecule has 1 fully saturated rings. The first-order chi connectivity index (χ1) is 14.9. The summed E-state index contributed by atoms with van der Waals surface area (Å²) in [7, 11) is 5.31. The second-order valence-corrected chi connectivity index (χ2v) is 8.12. The number of guanidine groups is 1. The quantitative estimate of drug-likeness (QED) is 0.306. The summed E-state index contributed by atoms with van der Waals surface area (Å²) in [4.78, 5) is 9.02. The highest BCUT2D eigenvalue weighted by atomic mass is 127. The first-order valence-corrected chi connectivity index (χ1v) is 10.8. The van der Waals surface area contributed by atoms with Gasteiger partial charge in [-0.2, -0.15) is 0 Å². The first kappa shape index (κ1) is 26.5. The number of rotatable bonds is 6. The zero-order valence-corrected chi connectivity index (χ0v) is 22.1. The predicted molar refractivity (Wildman–Crippen MR) is 141 cm³/mol. The normalized spacial score (nSPS) is 15.7. The van der Waals surface area contributed by atoms with E-state index in [2.05, 4.69) is 38.5 Å². The van der Waals surface area contributed by atoms with Crippen LogP contribution in [0.2, 0.25) is 5.02 Å². The highest BCUT2D eigenvalue weighted by Gasteiger charge is 2.19. The van der Waals surface area contributed by atoms with Crippen molar-refractivity contribution in [1.82, 2.24) is 15.5 Å². The number of methoxy groups -OCH3 is 1. The van der Waals surface area contributed by atoms with Crippen molar-refractivity contribution in [2.24, 2.45) is 4.99 Å². The van der Waals surface area contributed by atoms with Gasteiger partial charge in [0.15, 0.2) is 17.5 Å². The van der Waals surface area contributed by atoms with Crippen LogP contribution >= 0.6 is 35.6 Å². The molecule has 0 saturated carbocycles. The molecule has 1 aliphatic heterocycles. The monoisotopic (exact) mass is 575 g/mol. The number of halogens is 3. The summed E-state index contributed by atoms with van der Waals surface area (Å²) >= 11 is 6.56. The molecule has 3 rings (SSSR count). The second-order valence-electron chi connectivity index (χ2n) is 7.71. The number of ether oxygens (including phenoxy) is 1. The number of hydrogen-bond donors (Lipinski definition) is 2. The summed E-state index contributed by atoms with van der Waals surface area (Å²) in [6.45, 7) is 6.48. The van der Waals surface area contributed by atoms with Crippen LogP contribution < -0.4 is 20.3 Å². The van der Waals surface area contributed by atoms with Gasteiger partial charge in [0.2, 0.25) is 0 Å². The van der Waals surface area contributed by atoms with Gasteiger partial charge in [0.1, 0.15) is 0 Å². The second kappa shape index (κ2) is 12.5. The Balaban J connectivity index is 0.00000363. The largest absolute Gasteiger partial charge is 0.494 e. The summed E-state index contributed by atoms with van der Waals surface area (Å²) in [5.74, 6) is 0.464. The van der Waals surface area contributed by atoms with E-state index in [0.29, 0.717) is 12.5 Å². The molecule has 0 aromatic heterocycles. The maximum Gasteiger partial charge on any atom is 0.191 e. The molecule has 9 heteroatoms. The van der Waals surface area contributed by atoms with Crippen LogP contribution in [0.5, 0.6) is 5.75 Å². The smallest absolute Gasteiger partial charge is 0.191 e. The van der Waals surface area contributed by atoms with Gasteiger partial charge >= 0.3 is 0 Å². The molecule has 2 N–H and O–H groups in total. The number of nitrogens with zero attached hydrogens (tertiary/aromatic N) is 3. The molecule has 0 bridgehead atoms. The molecule has 1 aliphatic rings. The molecule has 1 atom stereocenters. The average molecular weight is 576 g/mol. The molecule has 0 amide bonds. The fraction of sp³-hybridized carbons (Fsp3) is 0.435. The van der Waals surface area contributed by atoms with Crippen molar-refractivity contribution in [3.8, 4) is 5.75 Å². The topological polar surface area (TPSA) is 52.1 Å². The van der Waals surface area contributed by atoms with Crippen molar-refractivity contribution in [3.05, 3.63) is 58.4 Å². The van der Waals surface area contributed by atoms with Gasteiger partial charge in [0.05, 0.1) is 13.2 Å². The minimum atomic E-state index is -0.385. The van der Waals surface area contributed by atoms with Crippen LogP contribution in [-0.2, 0) is 6.54 Å². The fourth-order valence-corrected chi connectivity index (χ4v) is 3.91. The lowest BCUT2D eigenvalue weighted by Gasteiger charge is -2.35. The van der Waals surface area contributed by atoms with Crippen LogP contribution in [0.25, 0.3) is 0 Å². The molecular weight excluding hydrogens is 544 g/mol. The molecule has 2 aromatic carbocycles. The number of nitrogens with one attached hydrogen (secondary N) is 2. The number of aliphatic imine (C=N–C) groups is 1. The summed E-state index contributed by atoms with van der Waals surface area (Å²) in [6, 6.07) is 10.8. The van der Waals surface area contributed by atoms with Crippen LogP contribution in [0, 0.1) is 5.82 Å². The van der Waals surface area contributed by atoms with Crippen molar-refractivity contribution in [3.63, 3.8) is 0 Å². The summed E-state index contributed by atoms with van der Waals surface area (Å²) in [5, 5.41) is 7.39. The molecule has 1 saturated heterocycles. The molecule has 176 valence electrons. The van der Waals surface area contributed by atoms with Crippen molar-refractivity contribution in [1.29, 1.82) is 0 Å². The Morgan fingerprint density at radius 1 is 1.22 bits per heavy atom. The van der Waals surface area contributed by atoms with Crippen LogP contribution in [0.3, 0.4) is 0 Å². The Hall–Kier alpha value is -1.78. The van der Waals surface area contributed by atoms with E-state index in [0.717, 1.165) is 48.0 Å². The lowest BCUT2D eigenvalue weighted by Crippen LogP contribution is -2.45. The Morgan fingerprint density at radius 2 is 1.94 bits per heavy atom. The molecule has 1 heterocycles. The standard InChI is InChI=1S/C23H31ClFN5O.HI/c1-16(17-8-9-22(31-4)20(25)14-17)28-23(26-2)27-15-18-19(24)6-5-7-21(18)30-12-10-29(3)11-13-30;/h5-9,14,16H,10-13,15H2,1-4H3,(H2,26,27,28);1H. The van der Waals surface area contributed by atoms with Crippen molar-refractivity contribution >= 4 is 47.2 Å². The molecule has 6 nitrogen and oxygen atoms in total. The summed E-state index contributed by atoms with van der Waals surface area (Å²) in [5.41, 5.74) is 2.99. The number of piperazine rings is 1. The van der Waals surface area contributed by atoms with Gasteiger partial charge in [0, 0.05) is 56.0 Å². The maximum atomic E-state index is 14.1. The zero-order valence-electron chi connectivity index (χ0n) is 19.0. The predicted octanol–water partition coefficient (Wildman–Crippen LogP) is 4.28. The van der Waals surface area contributed by atoms with Crippen LogP contribution in [0.4, 0.5) is 10.1 Å². The molecule has 2 aromatic rings. The van der Waals surface area contributed by atoms with Gasteiger partial charge in [-0.25, -0.2) is 4.39 Å². The number of benzene rings is 2. The summed E-state index contributed by atoms with van der Waals surface area (Å²) < 4.78 is 19.1. The summed E-state index contributed by atoms with van der Waals surface area (Å²) in [6.07, 6.45) is 0. The maximum absolute atomic E-state index is 14.1. The Kier molecular flexibility index (Phi) is 10.3. The van der Waals surface area contributed by atoms with E-state index in [1.54, 1.807) is 13.1 Å². The lowest BCUT2D eigenvalue weighted by molar-refractivity contribution is 0.312. The highest BCUT2D eigenvalue weighted by molar-refractivity contribution is 14.0. The van der Waals surface area contributed by atoms with E-state index in [9.17, 15) is 4.39 Å². The van der Waals surface area contributed by atoms with Gasteiger partial charge in [-0.3, -0.25) is 4.99 Å². The molecule has 32 heavy (non-hydrogen) atoms. The van der Waals surface area contributed by atoms with Crippen LogP contribution in [0.15, 0.2) is 41.4 Å². The van der Waals surface area contributed by atoms with E-state index in [4.69, 9.17) is 16.3 Å². The zero-order chi connectivity index (χ0) is 22.4. The third kappa shape index (κ3) is 6.62. The molecule has 0 aliphatic carbocycles. The van der Waals surface area contributed by atoms with E-state index in [1.807, 2.05) is 25.1 Å². The van der Waals surface area contributed by atoms with Crippen LogP contribution in [-0.4, -0.2) is 58.2 Å². The van der Waals surface area contributed by atoms with Crippen molar-refractivity contribution in [2.45, 2.75) is 19.5 Å². The van der Waals surface area contributed by atoms with Crippen molar-refractivity contribution < 1.29 is 9.13 Å². The highest BCUT2D eigenvalue weighted by Crippen LogP contribution is 2.28. The first-order valence-electron chi connectivity index (χ1n) is 10.4. The van der Waals surface area contributed by atoms with E-state index in [1.165, 1.54) is 13.2 Å². The lowest BCUT2D eigenvalue weighted by atomic mass is 10.1. The Morgan fingerprint density at radius 3 is 2.56 bits per heavy atom. The number of anilines is 1. The van der Waals surface area contributed by atoms with Gasteiger partial charge in [0.25, 0.3) is 0 Å². The Bertz CT molecular complexity index is 921. The van der Waals surface area contributed by atoms with Gasteiger partial charge < -0.3 is 25.2 Å². The van der Waals surface area contributed by atoms with Gasteiger partial charge in [-0.05, 0) is 43.8 Å². The SMILES string of the molecule is CN=C(NCc1c(Cl)cccc1N1CCN(C)CC1)NC(C)c1ccc(OC)c(F)c1.I. The minimum Gasteiger partial charge on any atom is -0.494 e. The molecule has 0 spiro atoms. The third-order valence-corrected chi connectivity index (χ3v) is 5.98. The van der Waals surface area contributed by atoms with Crippen LogP contribution in [0.1, 0.15) is 24.1 Å². The van der Waals surface area contributed by atoms with Gasteiger partial charge in [-0.1, -0.05) is 23.7 Å². The fourth-order valence-electron chi connectivity index (χ4n) is 3.67. The Labute approximate surface area is 212 Å². The van der Waals surface area contributed by atoms with E-state index >= 15 is 0 Å². The van der Waals surface area contributed by atoms with E-state index < -0.39 is 0 Å². The minimum absolute atomic E-state index is 0. The molecule has 0 radical (unpaired) electrons. The van der Waals surface area contributed by atoms with Gasteiger partial charge in [-0.15, -0.1) is 24.0 Å². The molecule has 1 unspecified atom stereocenters. The number of hydrogen-bond acceptors (Lipinski definition) is 4. The average Bonchev–Trinajstić information content (AvgIpc) is 2.77. The molecular formula is C23H32ClFIN5O. The number of likely N-dealkylation sites (N-methyl/N-ethyl adjacent to an activating group) is 1. The van der Waals surface area contributed by atoms with Crippen molar-refractivity contribution in [2.75, 3.05) is 52.3 Å². The van der Waals surface area contributed by atoms with E-state index in [-0.39, 0.29) is 41.6 Å².